The summed E-state index contributed by atoms with van der Waals surface area (Å²) in [5.74, 6) is 1.48. The molecule has 5 nitrogen and oxygen atoms in total. The Bertz CT molecular complexity index is 766. The van der Waals surface area contributed by atoms with Crippen molar-refractivity contribution in [1.29, 1.82) is 0 Å². The van der Waals surface area contributed by atoms with Crippen molar-refractivity contribution in [3.8, 4) is 0 Å². The first kappa shape index (κ1) is 17.7. The van der Waals surface area contributed by atoms with Crippen LogP contribution < -0.4 is 4.90 Å². The Hall–Kier alpha value is -1.69. The van der Waals surface area contributed by atoms with Gasteiger partial charge < -0.3 is 9.80 Å². The highest BCUT2D eigenvalue weighted by Gasteiger charge is 2.30. The number of nitrogens with zero attached hydrogens (tertiary/aromatic N) is 4. The highest BCUT2D eigenvalue weighted by molar-refractivity contribution is 7.18. The fourth-order valence-electron chi connectivity index (χ4n) is 4.24. The Kier molecular flexibility index (Phi) is 5.38. The minimum absolute atomic E-state index is 0.108. The van der Waals surface area contributed by atoms with Gasteiger partial charge in [0.05, 0.1) is 11.3 Å². The number of likely N-dealkylation sites (tertiary alicyclic amines) is 1. The molecule has 0 saturated carbocycles. The summed E-state index contributed by atoms with van der Waals surface area (Å²) in [6.07, 6.45) is 9.59. The van der Waals surface area contributed by atoms with E-state index in [0.717, 1.165) is 74.3 Å². The lowest BCUT2D eigenvalue weighted by atomic mass is 9.96. The smallest absolute Gasteiger partial charge is 0.227 e. The summed E-state index contributed by atoms with van der Waals surface area (Å²) in [7, 11) is 0. The minimum atomic E-state index is 0.108. The molecule has 0 spiro atoms. The van der Waals surface area contributed by atoms with Crippen LogP contribution in [0, 0.1) is 5.92 Å². The zero-order valence-corrected chi connectivity index (χ0v) is 16.4. The van der Waals surface area contributed by atoms with Gasteiger partial charge in [-0.2, -0.15) is 0 Å². The number of carbonyl (C=O) groups excluding carboxylic acids is 1. The first-order valence-corrected chi connectivity index (χ1v) is 10.8. The number of piperidine rings is 1. The summed E-state index contributed by atoms with van der Waals surface area (Å²) >= 11 is 1.75. The summed E-state index contributed by atoms with van der Waals surface area (Å²) in [6.45, 7) is 5.83. The molecule has 2 aliphatic heterocycles. The van der Waals surface area contributed by atoms with Gasteiger partial charge in [0.2, 0.25) is 5.91 Å². The van der Waals surface area contributed by atoms with Crippen LogP contribution in [-0.4, -0.2) is 47.0 Å². The molecule has 1 atom stereocenters. The minimum Gasteiger partial charge on any atom is -0.355 e. The molecule has 0 N–H and O–H groups in total. The van der Waals surface area contributed by atoms with Gasteiger partial charge in [0.1, 0.15) is 17.0 Å². The fraction of sp³-hybridized carbons (Fsp3) is 0.650. The van der Waals surface area contributed by atoms with Crippen LogP contribution in [0.15, 0.2) is 12.4 Å². The van der Waals surface area contributed by atoms with Crippen molar-refractivity contribution in [3.63, 3.8) is 0 Å². The maximum absolute atomic E-state index is 13.1. The topological polar surface area (TPSA) is 49.3 Å². The van der Waals surface area contributed by atoms with E-state index in [1.54, 1.807) is 17.7 Å². The standard InChI is InChI=1S/C20H28N4OS/c1-2-16-12-17-18(21-14-22-19(17)26-16)24-11-7-8-15(13-24)20(25)23-9-5-3-4-6-10-23/h12,14-15H,2-11,13H2,1H3/t15-/m0/s1. The van der Waals surface area contributed by atoms with Crippen LogP contribution in [0.2, 0.25) is 0 Å². The highest BCUT2D eigenvalue weighted by atomic mass is 32.1. The van der Waals surface area contributed by atoms with Crippen LogP contribution in [0.4, 0.5) is 5.82 Å². The van der Waals surface area contributed by atoms with Crippen molar-refractivity contribution in [2.45, 2.75) is 51.9 Å². The summed E-state index contributed by atoms with van der Waals surface area (Å²) in [5, 5.41) is 1.15. The monoisotopic (exact) mass is 372 g/mol. The van der Waals surface area contributed by atoms with Gasteiger partial charge in [0, 0.05) is 31.1 Å². The number of aryl methyl sites for hydroxylation is 1. The van der Waals surface area contributed by atoms with Gasteiger partial charge >= 0.3 is 0 Å². The van der Waals surface area contributed by atoms with Gasteiger partial charge in [-0.3, -0.25) is 4.79 Å². The number of thiophene rings is 1. The molecule has 0 aromatic carbocycles. The number of carbonyl (C=O) groups is 1. The highest BCUT2D eigenvalue weighted by Crippen LogP contribution is 2.33. The molecule has 1 amide bonds. The number of hydrogen-bond acceptors (Lipinski definition) is 5. The first-order valence-electron chi connectivity index (χ1n) is 10.0. The molecule has 6 heteroatoms. The van der Waals surface area contributed by atoms with Crippen LogP contribution in [0.5, 0.6) is 0 Å². The molecule has 2 aromatic heterocycles. The van der Waals surface area contributed by atoms with Crippen molar-refractivity contribution in [2.24, 2.45) is 5.92 Å². The molecule has 0 radical (unpaired) electrons. The quantitative estimate of drug-likeness (QED) is 0.821. The molecule has 2 fully saturated rings. The Labute approximate surface area is 159 Å². The third-order valence-electron chi connectivity index (χ3n) is 5.70. The number of hydrogen-bond donors (Lipinski definition) is 0. The van der Waals surface area contributed by atoms with Crippen molar-refractivity contribution >= 4 is 33.3 Å². The van der Waals surface area contributed by atoms with Crippen LogP contribution in [0.3, 0.4) is 0 Å². The van der Waals surface area contributed by atoms with E-state index in [0.29, 0.717) is 5.91 Å². The molecule has 2 saturated heterocycles. The average molecular weight is 373 g/mol. The van der Waals surface area contributed by atoms with E-state index < -0.39 is 0 Å². The van der Waals surface area contributed by atoms with E-state index in [9.17, 15) is 4.79 Å². The fourth-order valence-corrected chi connectivity index (χ4v) is 5.17. The van der Waals surface area contributed by atoms with Gasteiger partial charge in [0.15, 0.2) is 0 Å². The molecule has 140 valence electrons. The van der Waals surface area contributed by atoms with Crippen LogP contribution in [0.25, 0.3) is 10.2 Å². The number of fused-ring (bicyclic) bond motifs is 1. The lowest BCUT2D eigenvalue weighted by molar-refractivity contribution is -0.135. The Morgan fingerprint density at radius 3 is 2.73 bits per heavy atom. The van der Waals surface area contributed by atoms with E-state index in [2.05, 4.69) is 32.8 Å². The predicted molar refractivity (Wildman–Crippen MR) is 107 cm³/mol. The summed E-state index contributed by atoms with van der Waals surface area (Å²) in [5.41, 5.74) is 0. The van der Waals surface area contributed by atoms with E-state index >= 15 is 0 Å². The first-order chi connectivity index (χ1) is 12.8. The normalized spacial score (nSPS) is 21.8. The van der Waals surface area contributed by atoms with E-state index in [-0.39, 0.29) is 5.92 Å². The SMILES string of the molecule is CCc1cc2c(N3CCC[C@H](C(=O)N4CCCCCC4)C3)ncnc2s1. The van der Waals surface area contributed by atoms with Crippen LogP contribution in [-0.2, 0) is 11.2 Å². The third kappa shape index (κ3) is 3.56. The number of aromatic nitrogens is 2. The average Bonchev–Trinajstić information content (AvgIpc) is 2.93. The van der Waals surface area contributed by atoms with E-state index in [1.807, 2.05) is 0 Å². The van der Waals surface area contributed by atoms with Gasteiger partial charge in [-0.25, -0.2) is 9.97 Å². The Morgan fingerprint density at radius 2 is 1.96 bits per heavy atom. The van der Waals surface area contributed by atoms with Crippen molar-refractivity contribution in [3.05, 3.63) is 17.3 Å². The maximum Gasteiger partial charge on any atom is 0.227 e. The summed E-state index contributed by atoms with van der Waals surface area (Å²) in [6, 6.07) is 2.23. The molecular formula is C20H28N4OS. The van der Waals surface area contributed by atoms with Gasteiger partial charge in [0.25, 0.3) is 0 Å². The van der Waals surface area contributed by atoms with Crippen LogP contribution in [0.1, 0.15) is 50.3 Å². The second kappa shape index (κ2) is 7.91. The second-order valence-electron chi connectivity index (χ2n) is 7.51. The zero-order valence-electron chi connectivity index (χ0n) is 15.6. The van der Waals surface area contributed by atoms with Gasteiger partial charge in [-0.15, -0.1) is 11.3 Å². The Morgan fingerprint density at radius 1 is 1.15 bits per heavy atom. The molecule has 2 aliphatic rings. The molecule has 4 heterocycles. The predicted octanol–water partition coefficient (Wildman–Crippen LogP) is 3.87. The molecule has 4 rings (SSSR count). The van der Waals surface area contributed by atoms with Crippen molar-refractivity contribution in [2.75, 3.05) is 31.1 Å². The lowest BCUT2D eigenvalue weighted by Gasteiger charge is -2.35. The second-order valence-corrected chi connectivity index (χ2v) is 8.62. The van der Waals surface area contributed by atoms with E-state index in [4.69, 9.17) is 0 Å². The Balaban J connectivity index is 1.53. The third-order valence-corrected chi connectivity index (χ3v) is 6.88. The van der Waals surface area contributed by atoms with Crippen LogP contribution >= 0.6 is 11.3 Å². The van der Waals surface area contributed by atoms with Gasteiger partial charge in [-0.1, -0.05) is 19.8 Å². The van der Waals surface area contributed by atoms with Gasteiger partial charge in [-0.05, 0) is 38.2 Å². The molecule has 0 aliphatic carbocycles. The molecular weight excluding hydrogens is 344 g/mol. The van der Waals surface area contributed by atoms with Crippen molar-refractivity contribution in [1.82, 2.24) is 14.9 Å². The molecule has 26 heavy (non-hydrogen) atoms. The van der Waals surface area contributed by atoms with Crippen molar-refractivity contribution < 1.29 is 4.79 Å². The lowest BCUT2D eigenvalue weighted by Crippen LogP contribution is -2.45. The zero-order chi connectivity index (χ0) is 17.9. The van der Waals surface area contributed by atoms with E-state index in [1.165, 1.54) is 17.7 Å². The number of anilines is 1. The summed E-state index contributed by atoms with van der Waals surface area (Å²) < 4.78 is 0. The molecule has 0 unspecified atom stereocenters. The summed E-state index contributed by atoms with van der Waals surface area (Å²) in [4.78, 5) is 29.0. The number of amides is 1. The molecule has 0 bridgehead atoms. The number of rotatable bonds is 3. The largest absolute Gasteiger partial charge is 0.355 e. The molecule has 2 aromatic rings. The maximum atomic E-state index is 13.1.